The highest BCUT2D eigenvalue weighted by Crippen LogP contribution is 2.19. The number of nitrogens with one attached hydrogen (secondary N) is 1. The minimum absolute atomic E-state index is 0.0250. The van der Waals surface area contributed by atoms with Gasteiger partial charge in [-0.3, -0.25) is 9.78 Å². The number of pyridine rings is 1. The molecule has 1 amide bonds. The number of benzene rings is 1. The van der Waals surface area contributed by atoms with Crippen LogP contribution in [-0.2, 0) is 16.4 Å². The van der Waals surface area contributed by atoms with E-state index < -0.39 is 9.84 Å². The van der Waals surface area contributed by atoms with Crippen molar-refractivity contribution in [1.29, 1.82) is 0 Å². The Hall–Kier alpha value is -2.12. The summed E-state index contributed by atoms with van der Waals surface area (Å²) < 4.78 is 23.3. The molecule has 26 heavy (non-hydrogen) atoms. The summed E-state index contributed by atoms with van der Waals surface area (Å²) in [4.78, 5) is 18.3. The normalized spacial score (nSPS) is 18.5. The smallest absolute Gasteiger partial charge is 0.255 e. The van der Waals surface area contributed by atoms with E-state index in [0.29, 0.717) is 23.6 Å². The maximum Gasteiger partial charge on any atom is 0.255 e. The number of carbonyl (C=O) groups is 1. The van der Waals surface area contributed by atoms with Crippen LogP contribution in [0.5, 0.6) is 0 Å². The third-order valence-corrected chi connectivity index (χ3v) is 6.47. The molecule has 2 heterocycles. The zero-order valence-corrected chi connectivity index (χ0v) is 15.9. The predicted molar refractivity (Wildman–Crippen MR) is 102 cm³/mol. The first-order valence-electron chi connectivity index (χ1n) is 8.25. The van der Waals surface area contributed by atoms with Gasteiger partial charge in [0.25, 0.3) is 5.91 Å². The van der Waals surface area contributed by atoms with E-state index in [-0.39, 0.29) is 23.5 Å². The van der Waals surface area contributed by atoms with Crippen LogP contribution in [0, 0.1) is 0 Å². The highest BCUT2D eigenvalue weighted by atomic mass is 35.5. The predicted octanol–water partition coefficient (Wildman–Crippen LogP) is 2.61. The number of carbonyl (C=O) groups excluding carboxylic acids is 1. The number of hydrogen-bond acceptors (Lipinski definition) is 5. The number of sulfone groups is 1. The second-order valence-electron chi connectivity index (χ2n) is 6.42. The van der Waals surface area contributed by atoms with Gasteiger partial charge in [-0.05, 0) is 30.2 Å². The molecule has 8 heteroatoms. The largest absolute Gasteiger partial charge is 0.380 e. The van der Waals surface area contributed by atoms with E-state index in [2.05, 4.69) is 10.3 Å². The summed E-state index contributed by atoms with van der Waals surface area (Å²) in [6, 6.07) is 8.93. The fraction of sp³-hybridized carbons (Fsp3) is 0.333. The molecule has 2 aromatic rings. The van der Waals surface area contributed by atoms with Crippen LogP contribution >= 0.6 is 11.6 Å². The van der Waals surface area contributed by atoms with Crippen LogP contribution in [0.3, 0.4) is 0 Å². The van der Waals surface area contributed by atoms with Crippen molar-refractivity contribution < 1.29 is 13.2 Å². The van der Waals surface area contributed by atoms with Crippen LogP contribution in [0.4, 0.5) is 5.69 Å². The Kier molecular flexibility index (Phi) is 5.48. The molecule has 1 aromatic heterocycles. The number of anilines is 1. The van der Waals surface area contributed by atoms with Crippen molar-refractivity contribution in [3.8, 4) is 0 Å². The van der Waals surface area contributed by atoms with E-state index in [1.165, 1.54) is 11.1 Å². The van der Waals surface area contributed by atoms with Crippen molar-refractivity contribution in [2.75, 3.05) is 23.9 Å². The lowest BCUT2D eigenvalue weighted by atomic mass is 10.1. The first-order chi connectivity index (χ1) is 12.3. The Labute approximate surface area is 158 Å². The van der Waals surface area contributed by atoms with E-state index in [1.807, 2.05) is 24.3 Å². The van der Waals surface area contributed by atoms with Crippen molar-refractivity contribution in [1.82, 2.24) is 9.88 Å². The summed E-state index contributed by atoms with van der Waals surface area (Å²) in [5, 5.41) is 3.91. The molecular formula is C18H20ClN3O3S. The van der Waals surface area contributed by atoms with Gasteiger partial charge in [0, 0.05) is 37.1 Å². The summed E-state index contributed by atoms with van der Waals surface area (Å²) in [6.45, 7) is 0.577. The standard InChI is InChI=1S/C18H20ClN3O3S/c1-22(17-6-7-26(24,25)12-17)18(23)14-8-16(11-20-10-14)21-9-13-2-4-15(19)5-3-13/h2-5,8,10-11,17,21H,6-7,9,12H2,1H3. The molecule has 0 saturated carbocycles. The Balaban J connectivity index is 1.66. The molecule has 6 nitrogen and oxygen atoms in total. The Morgan fingerprint density at radius 1 is 1.31 bits per heavy atom. The number of hydrogen-bond donors (Lipinski definition) is 1. The van der Waals surface area contributed by atoms with Gasteiger partial charge in [0.1, 0.15) is 0 Å². The van der Waals surface area contributed by atoms with Gasteiger partial charge in [-0.1, -0.05) is 23.7 Å². The zero-order chi connectivity index (χ0) is 18.7. The molecule has 1 N–H and O–H groups in total. The zero-order valence-electron chi connectivity index (χ0n) is 14.4. The van der Waals surface area contributed by atoms with Crippen LogP contribution in [0.2, 0.25) is 5.02 Å². The molecule has 1 aromatic carbocycles. The Morgan fingerprint density at radius 2 is 2.04 bits per heavy atom. The number of amides is 1. The quantitative estimate of drug-likeness (QED) is 0.844. The van der Waals surface area contributed by atoms with Crippen molar-refractivity contribution in [2.45, 2.75) is 19.0 Å². The minimum atomic E-state index is -3.04. The van der Waals surface area contributed by atoms with E-state index in [9.17, 15) is 13.2 Å². The molecule has 1 aliphatic heterocycles. The molecule has 1 atom stereocenters. The van der Waals surface area contributed by atoms with Gasteiger partial charge in [0.15, 0.2) is 9.84 Å². The van der Waals surface area contributed by atoms with Crippen LogP contribution in [0.25, 0.3) is 0 Å². The highest BCUT2D eigenvalue weighted by molar-refractivity contribution is 7.91. The van der Waals surface area contributed by atoms with Gasteiger partial charge in [-0.15, -0.1) is 0 Å². The van der Waals surface area contributed by atoms with E-state index in [1.54, 1.807) is 19.3 Å². The summed E-state index contributed by atoms with van der Waals surface area (Å²) in [5.41, 5.74) is 2.20. The fourth-order valence-corrected chi connectivity index (χ4v) is 4.81. The topological polar surface area (TPSA) is 79.4 Å². The van der Waals surface area contributed by atoms with E-state index in [0.717, 1.165) is 11.3 Å². The lowest BCUT2D eigenvalue weighted by molar-refractivity contribution is 0.0747. The maximum atomic E-state index is 12.7. The van der Waals surface area contributed by atoms with Crippen molar-refractivity contribution >= 4 is 33.0 Å². The van der Waals surface area contributed by atoms with Crippen LogP contribution in [-0.4, -0.2) is 48.8 Å². The molecule has 1 fully saturated rings. The molecule has 1 saturated heterocycles. The third kappa shape index (κ3) is 4.53. The molecule has 0 aliphatic carbocycles. The molecule has 0 bridgehead atoms. The fourth-order valence-electron chi connectivity index (χ4n) is 2.91. The molecule has 3 rings (SSSR count). The SMILES string of the molecule is CN(C(=O)c1cncc(NCc2ccc(Cl)cc2)c1)C1CCS(=O)(=O)C1. The number of aromatic nitrogens is 1. The van der Waals surface area contributed by atoms with Gasteiger partial charge in [0.2, 0.25) is 0 Å². The number of rotatable bonds is 5. The Morgan fingerprint density at radius 3 is 2.69 bits per heavy atom. The van der Waals surface area contributed by atoms with Crippen molar-refractivity contribution in [3.63, 3.8) is 0 Å². The second kappa shape index (κ2) is 7.63. The van der Waals surface area contributed by atoms with E-state index >= 15 is 0 Å². The van der Waals surface area contributed by atoms with Gasteiger partial charge < -0.3 is 10.2 Å². The lowest BCUT2D eigenvalue weighted by Crippen LogP contribution is -2.37. The molecule has 138 valence electrons. The van der Waals surface area contributed by atoms with Gasteiger partial charge in [-0.2, -0.15) is 0 Å². The molecule has 0 radical (unpaired) electrons. The number of nitrogens with zero attached hydrogens (tertiary/aromatic N) is 2. The summed E-state index contributed by atoms with van der Waals surface area (Å²) in [6.07, 6.45) is 3.62. The Bertz CT molecular complexity index is 900. The molecule has 0 spiro atoms. The van der Waals surface area contributed by atoms with Gasteiger partial charge in [-0.25, -0.2) is 8.42 Å². The third-order valence-electron chi connectivity index (χ3n) is 4.47. The molecule has 1 unspecified atom stereocenters. The summed E-state index contributed by atoms with van der Waals surface area (Å²) >= 11 is 5.88. The van der Waals surface area contributed by atoms with Crippen molar-refractivity contribution in [3.05, 3.63) is 58.9 Å². The number of halogens is 1. The van der Waals surface area contributed by atoms with Gasteiger partial charge in [0.05, 0.1) is 22.8 Å². The summed E-state index contributed by atoms with van der Waals surface area (Å²) in [5.74, 6) is -0.0670. The molecular weight excluding hydrogens is 374 g/mol. The lowest BCUT2D eigenvalue weighted by Gasteiger charge is -2.23. The van der Waals surface area contributed by atoms with Gasteiger partial charge >= 0.3 is 0 Å². The average Bonchev–Trinajstić information content (AvgIpc) is 3.00. The monoisotopic (exact) mass is 393 g/mol. The molecule has 1 aliphatic rings. The van der Waals surface area contributed by atoms with E-state index in [4.69, 9.17) is 11.6 Å². The van der Waals surface area contributed by atoms with Crippen molar-refractivity contribution in [2.24, 2.45) is 0 Å². The van der Waals surface area contributed by atoms with Crippen LogP contribution in [0.15, 0.2) is 42.7 Å². The first kappa shape index (κ1) is 18.7. The highest BCUT2D eigenvalue weighted by Gasteiger charge is 2.33. The second-order valence-corrected chi connectivity index (χ2v) is 9.08. The van der Waals surface area contributed by atoms with Crippen LogP contribution < -0.4 is 5.32 Å². The summed E-state index contributed by atoms with van der Waals surface area (Å²) in [7, 11) is -1.40. The maximum absolute atomic E-state index is 12.7. The minimum Gasteiger partial charge on any atom is -0.380 e. The van der Waals surface area contributed by atoms with Crippen LogP contribution in [0.1, 0.15) is 22.3 Å². The first-order valence-corrected chi connectivity index (χ1v) is 10.4. The average molecular weight is 394 g/mol.